The Kier molecular flexibility index (Phi) is 3.30. The third-order valence-electron chi connectivity index (χ3n) is 4.64. The van der Waals surface area contributed by atoms with Crippen molar-refractivity contribution < 1.29 is 9.53 Å². The fraction of sp³-hybridized carbons (Fsp3) is 0.211. The summed E-state index contributed by atoms with van der Waals surface area (Å²) in [5.74, 6) is 0.819. The molecular formula is C19H18N2O2. The second-order valence-corrected chi connectivity index (χ2v) is 5.83. The quantitative estimate of drug-likeness (QED) is 0.755. The number of para-hydroxylation sites is 1. The lowest BCUT2D eigenvalue weighted by atomic mass is 9.93. The van der Waals surface area contributed by atoms with E-state index in [-0.39, 0.29) is 6.04 Å². The van der Waals surface area contributed by atoms with Crippen LogP contribution in [0.2, 0.25) is 0 Å². The average molecular weight is 306 g/mol. The molecule has 2 heterocycles. The molecule has 1 unspecified atom stereocenters. The van der Waals surface area contributed by atoms with E-state index in [0.717, 1.165) is 41.9 Å². The summed E-state index contributed by atoms with van der Waals surface area (Å²) in [7, 11) is 1.66. The standard InChI is InChI=1S/C19H18N2O2/c1-23-14-8-6-13(7-9-14)19-18-16(10-11-21(19)12-22)15-4-2-3-5-17(15)20-18/h2-9,12,19-20H,10-11H2,1H3. The summed E-state index contributed by atoms with van der Waals surface area (Å²) < 4.78 is 5.24. The van der Waals surface area contributed by atoms with Gasteiger partial charge in [0.05, 0.1) is 13.2 Å². The number of methoxy groups -OCH3 is 1. The summed E-state index contributed by atoms with van der Waals surface area (Å²) >= 11 is 0. The number of benzene rings is 2. The molecule has 4 nitrogen and oxygen atoms in total. The maximum absolute atomic E-state index is 11.6. The van der Waals surface area contributed by atoms with Gasteiger partial charge in [0, 0.05) is 23.1 Å². The third kappa shape index (κ3) is 2.18. The number of hydrogen-bond donors (Lipinski definition) is 1. The van der Waals surface area contributed by atoms with Gasteiger partial charge in [-0.05, 0) is 35.7 Å². The van der Waals surface area contributed by atoms with E-state index >= 15 is 0 Å². The number of H-pyrrole nitrogens is 1. The zero-order valence-electron chi connectivity index (χ0n) is 13.0. The Labute approximate surface area is 134 Å². The van der Waals surface area contributed by atoms with Gasteiger partial charge in [0.1, 0.15) is 5.75 Å². The minimum absolute atomic E-state index is 0.0745. The highest BCUT2D eigenvalue weighted by Gasteiger charge is 2.30. The highest BCUT2D eigenvalue weighted by atomic mass is 16.5. The molecule has 1 atom stereocenters. The van der Waals surface area contributed by atoms with E-state index in [4.69, 9.17) is 4.74 Å². The number of amides is 1. The summed E-state index contributed by atoms with van der Waals surface area (Å²) in [6.45, 7) is 0.731. The van der Waals surface area contributed by atoms with E-state index in [1.54, 1.807) is 7.11 Å². The molecule has 0 saturated carbocycles. The molecule has 0 fully saturated rings. The summed E-state index contributed by atoms with van der Waals surface area (Å²) in [6, 6.07) is 16.2. The molecule has 23 heavy (non-hydrogen) atoms. The Balaban J connectivity index is 1.87. The number of carbonyl (C=O) groups excluding carboxylic acids is 1. The number of carbonyl (C=O) groups is 1. The second-order valence-electron chi connectivity index (χ2n) is 5.83. The molecule has 116 valence electrons. The van der Waals surface area contributed by atoms with E-state index < -0.39 is 0 Å². The van der Waals surface area contributed by atoms with Crippen LogP contribution in [0.15, 0.2) is 48.5 Å². The van der Waals surface area contributed by atoms with Crippen molar-refractivity contribution in [2.45, 2.75) is 12.5 Å². The molecule has 1 amide bonds. The smallest absolute Gasteiger partial charge is 0.210 e. The fourth-order valence-corrected chi connectivity index (χ4v) is 3.52. The van der Waals surface area contributed by atoms with E-state index in [1.807, 2.05) is 35.2 Å². The van der Waals surface area contributed by atoms with Gasteiger partial charge in [-0.1, -0.05) is 30.3 Å². The van der Waals surface area contributed by atoms with Gasteiger partial charge in [-0.2, -0.15) is 0 Å². The molecule has 0 radical (unpaired) electrons. The lowest BCUT2D eigenvalue weighted by Gasteiger charge is -2.33. The van der Waals surface area contributed by atoms with Crippen LogP contribution >= 0.6 is 0 Å². The maximum Gasteiger partial charge on any atom is 0.210 e. The van der Waals surface area contributed by atoms with Crippen LogP contribution in [0.4, 0.5) is 0 Å². The Morgan fingerprint density at radius 1 is 1.17 bits per heavy atom. The number of nitrogens with zero attached hydrogens (tertiary/aromatic N) is 1. The highest BCUT2D eigenvalue weighted by Crippen LogP contribution is 2.37. The number of ether oxygens (including phenoxy) is 1. The largest absolute Gasteiger partial charge is 0.497 e. The number of fused-ring (bicyclic) bond motifs is 3. The van der Waals surface area contributed by atoms with Crippen LogP contribution in [0.25, 0.3) is 10.9 Å². The van der Waals surface area contributed by atoms with E-state index in [9.17, 15) is 4.79 Å². The Hall–Kier alpha value is -2.75. The second kappa shape index (κ2) is 5.47. The Morgan fingerprint density at radius 3 is 2.70 bits per heavy atom. The molecular weight excluding hydrogens is 288 g/mol. The number of aromatic nitrogens is 1. The number of nitrogens with one attached hydrogen (secondary N) is 1. The first-order valence-corrected chi connectivity index (χ1v) is 7.76. The monoisotopic (exact) mass is 306 g/mol. The van der Waals surface area contributed by atoms with Gasteiger partial charge in [-0.3, -0.25) is 4.79 Å². The van der Waals surface area contributed by atoms with Crippen molar-refractivity contribution in [1.29, 1.82) is 0 Å². The van der Waals surface area contributed by atoms with Gasteiger partial charge in [-0.25, -0.2) is 0 Å². The highest BCUT2D eigenvalue weighted by molar-refractivity contribution is 5.85. The normalized spacial score (nSPS) is 17.1. The molecule has 1 aromatic heterocycles. The van der Waals surface area contributed by atoms with Gasteiger partial charge in [0.2, 0.25) is 6.41 Å². The van der Waals surface area contributed by atoms with Gasteiger partial charge in [-0.15, -0.1) is 0 Å². The molecule has 3 aromatic rings. The van der Waals surface area contributed by atoms with Gasteiger partial charge in [0.15, 0.2) is 0 Å². The van der Waals surface area contributed by atoms with E-state index in [2.05, 4.69) is 23.2 Å². The molecule has 0 bridgehead atoms. The minimum atomic E-state index is -0.0745. The van der Waals surface area contributed by atoms with Crippen molar-refractivity contribution in [2.75, 3.05) is 13.7 Å². The molecule has 0 aliphatic carbocycles. The van der Waals surface area contributed by atoms with Crippen molar-refractivity contribution in [3.63, 3.8) is 0 Å². The van der Waals surface area contributed by atoms with Crippen LogP contribution in [0.3, 0.4) is 0 Å². The van der Waals surface area contributed by atoms with Crippen molar-refractivity contribution >= 4 is 17.3 Å². The van der Waals surface area contributed by atoms with E-state index in [0.29, 0.717) is 0 Å². The SMILES string of the molecule is COc1ccc(C2c3[nH]c4ccccc4c3CCN2C=O)cc1. The first-order valence-electron chi connectivity index (χ1n) is 7.76. The summed E-state index contributed by atoms with van der Waals surface area (Å²) in [5, 5.41) is 1.26. The molecule has 1 N–H and O–H groups in total. The Bertz CT molecular complexity index is 851. The van der Waals surface area contributed by atoms with Crippen LogP contribution in [-0.4, -0.2) is 29.9 Å². The average Bonchev–Trinajstić information content (AvgIpc) is 2.99. The number of rotatable bonds is 3. The van der Waals surface area contributed by atoms with Crippen LogP contribution < -0.4 is 4.74 Å². The van der Waals surface area contributed by atoms with Crippen LogP contribution in [0.5, 0.6) is 5.75 Å². The topological polar surface area (TPSA) is 45.3 Å². The molecule has 1 aliphatic heterocycles. The molecule has 0 saturated heterocycles. The zero-order valence-corrected chi connectivity index (χ0v) is 13.0. The van der Waals surface area contributed by atoms with E-state index in [1.165, 1.54) is 10.9 Å². The minimum Gasteiger partial charge on any atom is -0.497 e. The summed E-state index contributed by atoms with van der Waals surface area (Å²) in [4.78, 5) is 17.0. The maximum atomic E-state index is 11.6. The molecule has 0 spiro atoms. The van der Waals surface area contributed by atoms with Crippen LogP contribution in [0, 0.1) is 0 Å². The molecule has 2 aromatic carbocycles. The van der Waals surface area contributed by atoms with Crippen LogP contribution in [-0.2, 0) is 11.2 Å². The predicted octanol–water partition coefficient (Wildman–Crippen LogP) is 3.28. The molecule has 4 heteroatoms. The van der Waals surface area contributed by atoms with Crippen molar-refractivity contribution in [3.05, 3.63) is 65.4 Å². The lowest BCUT2D eigenvalue weighted by Crippen LogP contribution is -2.34. The third-order valence-corrected chi connectivity index (χ3v) is 4.64. The van der Waals surface area contributed by atoms with Gasteiger partial charge >= 0.3 is 0 Å². The predicted molar refractivity (Wildman–Crippen MR) is 89.6 cm³/mol. The first kappa shape index (κ1) is 13.9. The lowest BCUT2D eigenvalue weighted by molar-refractivity contribution is -0.120. The fourth-order valence-electron chi connectivity index (χ4n) is 3.52. The number of hydrogen-bond acceptors (Lipinski definition) is 2. The molecule has 4 rings (SSSR count). The van der Waals surface area contributed by atoms with Crippen LogP contribution in [0.1, 0.15) is 22.9 Å². The zero-order chi connectivity index (χ0) is 15.8. The number of aromatic amines is 1. The Morgan fingerprint density at radius 2 is 1.96 bits per heavy atom. The van der Waals surface area contributed by atoms with Crippen molar-refractivity contribution in [3.8, 4) is 5.75 Å². The van der Waals surface area contributed by atoms with Gasteiger partial charge in [0.25, 0.3) is 0 Å². The molecule has 1 aliphatic rings. The van der Waals surface area contributed by atoms with Crippen molar-refractivity contribution in [1.82, 2.24) is 9.88 Å². The summed E-state index contributed by atoms with van der Waals surface area (Å²) in [6.07, 6.45) is 1.83. The first-order chi connectivity index (χ1) is 11.3. The summed E-state index contributed by atoms with van der Waals surface area (Å²) in [5.41, 5.74) is 4.66. The van der Waals surface area contributed by atoms with Gasteiger partial charge < -0.3 is 14.6 Å². The van der Waals surface area contributed by atoms with Crippen molar-refractivity contribution in [2.24, 2.45) is 0 Å².